The van der Waals surface area contributed by atoms with E-state index in [0.29, 0.717) is 6.61 Å². The van der Waals surface area contributed by atoms with Gasteiger partial charge in [-0.15, -0.1) is 0 Å². The van der Waals surface area contributed by atoms with Crippen molar-refractivity contribution in [3.8, 4) is 0 Å². The molecule has 0 saturated carbocycles. The highest BCUT2D eigenvalue weighted by atomic mass is 32.2. The lowest BCUT2D eigenvalue weighted by Gasteiger charge is -2.31. The summed E-state index contributed by atoms with van der Waals surface area (Å²) in [5, 5.41) is 9.51. The molecule has 1 aliphatic heterocycles. The van der Waals surface area contributed by atoms with E-state index in [-0.39, 0.29) is 0 Å². The first-order chi connectivity index (χ1) is 7.18. The summed E-state index contributed by atoms with van der Waals surface area (Å²) in [6.45, 7) is 0.293. The first kappa shape index (κ1) is 10.7. The molecule has 0 spiro atoms. The van der Waals surface area contributed by atoms with Crippen molar-refractivity contribution in [2.75, 3.05) is 0 Å². The zero-order valence-corrected chi connectivity index (χ0v) is 8.57. The van der Waals surface area contributed by atoms with Crippen molar-refractivity contribution in [3.05, 3.63) is 35.4 Å². The Labute approximate surface area is 89.5 Å². The molecule has 0 aromatic heterocycles. The van der Waals surface area contributed by atoms with Crippen LogP contribution in [0.4, 0.5) is 0 Å². The molecule has 0 aliphatic carbocycles. The molecule has 82 valence electrons. The highest BCUT2D eigenvalue weighted by molar-refractivity contribution is 7.77. The summed E-state index contributed by atoms with van der Waals surface area (Å²) in [7, 11) is 0. The second-order valence-corrected chi connectivity index (χ2v) is 3.94. The van der Waals surface area contributed by atoms with E-state index in [0.717, 1.165) is 11.1 Å². The zero-order chi connectivity index (χ0) is 10.8. The Morgan fingerprint density at radius 1 is 1.53 bits per heavy atom. The van der Waals surface area contributed by atoms with E-state index in [1.807, 2.05) is 12.1 Å². The minimum atomic E-state index is -2.43. The van der Waals surface area contributed by atoms with E-state index in [9.17, 15) is 13.9 Å². The third-order valence-electron chi connectivity index (χ3n) is 2.31. The molecule has 1 aromatic carbocycles. The number of nitrogens with one attached hydrogen (secondary N) is 1. The van der Waals surface area contributed by atoms with Gasteiger partial charge in [0.05, 0.1) is 12.6 Å². The lowest BCUT2D eigenvalue weighted by Crippen LogP contribution is -2.38. The summed E-state index contributed by atoms with van der Waals surface area (Å²) in [6.07, 6.45) is -1.14. The monoisotopic (exact) mass is 228 g/mol. The standard InChI is InChI=1S/C9H11NO4S/c11-9-8(10-15(12)13)7-4-2-1-3-6(7)5-14-9/h1-4,8-11H,5H2,(H,12,13)/p-1. The minimum absolute atomic E-state index is 0.293. The zero-order valence-electron chi connectivity index (χ0n) is 7.75. The molecule has 0 bridgehead atoms. The molecule has 15 heavy (non-hydrogen) atoms. The minimum Gasteiger partial charge on any atom is -0.760 e. The van der Waals surface area contributed by atoms with E-state index in [4.69, 9.17) is 4.74 Å². The van der Waals surface area contributed by atoms with Gasteiger partial charge in [-0.25, -0.2) is 4.72 Å². The van der Waals surface area contributed by atoms with Crippen molar-refractivity contribution in [3.63, 3.8) is 0 Å². The molecule has 5 nitrogen and oxygen atoms in total. The maximum atomic E-state index is 10.5. The number of benzene rings is 1. The fourth-order valence-electron chi connectivity index (χ4n) is 1.62. The molecule has 0 fully saturated rings. The molecule has 2 N–H and O–H groups in total. The Hall–Kier alpha value is -0.790. The molecule has 2 rings (SSSR count). The van der Waals surface area contributed by atoms with Crippen LogP contribution in [0, 0.1) is 0 Å². The van der Waals surface area contributed by atoms with Crippen LogP contribution in [0.3, 0.4) is 0 Å². The van der Waals surface area contributed by atoms with Crippen LogP contribution in [0.5, 0.6) is 0 Å². The van der Waals surface area contributed by atoms with Gasteiger partial charge in [0.25, 0.3) is 0 Å². The highest BCUT2D eigenvalue weighted by Crippen LogP contribution is 2.28. The van der Waals surface area contributed by atoms with Crippen molar-refractivity contribution < 1.29 is 18.6 Å². The summed E-state index contributed by atoms with van der Waals surface area (Å²) >= 11 is -2.43. The fourth-order valence-corrected chi connectivity index (χ4v) is 2.07. The van der Waals surface area contributed by atoms with Crippen molar-refractivity contribution in [1.29, 1.82) is 0 Å². The molecule has 3 atom stereocenters. The highest BCUT2D eigenvalue weighted by Gasteiger charge is 2.28. The molecule has 0 radical (unpaired) electrons. The second kappa shape index (κ2) is 4.38. The van der Waals surface area contributed by atoms with E-state index >= 15 is 0 Å². The number of aliphatic hydroxyl groups is 1. The first-order valence-electron chi connectivity index (χ1n) is 4.41. The van der Waals surface area contributed by atoms with Gasteiger partial charge in [0.15, 0.2) is 6.29 Å². The van der Waals surface area contributed by atoms with Gasteiger partial charge < -0.3 is 14.4 Å². The van der Waals surface area contributed by atoms with Crippen LogP contribution in [0.15, 0.2) is 24.3 Å². The smallest absolute Gasteiger partial charge is 0.175 e. The second-order valence-electron chi connectivity index (χ2n) is 3.23. The first-order valence-corrected chi connectivity index (χ1v) is 5.49. The van der Waals surface area contributed by atoms with Crippen LogP contribution >= 0.6 is 0 Å². The van der Waals surface area contributed by atoms with Gasteiger partial charge in [0.1, 0.15) is 0 Å². The summed E-state index contributed by atoms with van der Waals surface area (Å²) < 4.78 is 28.4. The lowest BCUT2D eigenvalue weighted by molar-refractivity contribution is -0.135. The van der Waals surface area contributed by atoms with Crippen molar-refractivity contribution in [1.82, 2.24) is 4.72 Å². The van der Waals surface area contributed by atoms with Crippen LogP contribution in [0.1, 0.15) is 17.2 Å². The van der Waals surface area contributed by atoms with Gasteiger partial charge >= 0.3 is 0 Å². The molecule has 0 amide bonds. The topological polar surface area (TPSA) is 81.6 Å². The van der Waals surface area contributed by atoms with E-state index in [1.54, 1.807) is 12.1 Å². The Bertz CT molecular complexity index is 384. The molecule has 3 unspecified atom stereocenters. The number of fused-ring (bicyclic) bond motifs is 1. The SMILES string of the molecule is O=S([O-])NC1c2ccccc2COC1O. The number of hydrogen-bond donors (Lipinski definition) is 2. The Balaban J connectivity index is 2.32. The number of rotatable bonds is 2. The Morgan fingerprint density at radius 3 is 3.00 bits per heavy atom. The largest absolute Gasteiger partial charge is 0.760 e. The van der Waals surface area contributed by atoms with Gasteiger partial charge in [0.2, 0.25) is 0 Å². The third-order valence-corrected chi connectivity index (χ3v) is 2.75. The quantitative estimate of drug-likeness (QED) is 0.696. The molecule has 1 aromatic rings. The Morgan fingerprint density at radius 2 is 2.27 bits per heavy atom. The van der Waals surface area contributed by atoms with Crippen molar-refractivity contribution >= 4 is 11.3 Å². The van der Waals surface area contributed by atoms with Gasteiger partial charge in [0, 0.05) is 11.3 Å². The van der Waals surface area contributed by atoms with Crippen LogP contribution < -0.4 is 4.72 Å². The predicted molar refractivity (Wildman–Crippen MR) is 52.0 cm³/mol. The van der Waals surface area contributed by atoms with Crippen LogP contribution in [0.2, 0.25) is 0 Å². The Kier molecular flexibility index (Phi) is 3.13. The maximum absolute atomic E-state index is 10.5. The van der Waals surface area contributed by atoms with Crippen molar-refractivity contribution in [2.24, 2.45) is 0 Å². The van der Waals surface area contributed by atoms with E-state index in [2.05, 4.69) is 4.72 Å². The van der Waals surface area contributed by atoms with Crippen molar-refractivity contribution in [2.45, 2.75) is 18.9 Å². The number of aliphatic hydroxyl groups excluding tert-OH is 1. The van der Waals surface area contributed by atoms with Crippen LogP contribution in [0.25, 0.3) is 0 Å². The average Bonchev–Trinajstić information content (AvgIpc) is 2.22. The van der Waals surface area contributed by atoms with Gasteiger partial charge in [-0.3, -0.25) is 4.21 Å². The van der Waals surface area contributed by atoms with Gasteiger partial charge in [-0.1, -0.05) is 24.3 Å². The lowest BCUT2D eigenvalue weighted by atomic mass is 9.99. The summed E-state index contributed by atoms with van der Waals surface area (Å²) in [5.74, 6) is 0. The molecule has 1 heterocycles. The summed E-state index contributed by atoms with van der Waals surface area (Å²) in [5.41, 5.74) is 1.63. The van der Waals surface area contributed by atoms with E-state index < -0.39 is 23.6 Å². The number of hydrogen-bond acceptors (Lipinski definition) is 4. The normalized spacial score (nSPS) is 27.1. The molecule has 0 saturated heterocycles. The van der Waals surface area contributed by atoms with Gasteiger partial charge in [-0.05, 0) is 11.1 Å². The average molecular weight is 228 g/mol. The summed E-state index contributed by atoms with van der Waals surface area (Å²) in [4.78, 5) is 0. The van der Waals surface area contributed by atoms with E-state index in [1.165, 1.54) is 0 Å². The molecule has 1 aliphatic rings. The summed E-state index contributed by atoms with van der Waals surface area (Å²) in [6, 6.07) is 6.51. The number of ether oxygens (including phenoxy) is 1. The molecule has 6 heteroatoms. The van der Waals surface area contributed by atoms with Crippen LogP contribution in [-0.2, 0) is 22.6 Å². The maximum Gasteiger partial charge on any atom is 0.175 e. The van der Waals surface area contributed by atoms with Gasteiger partial charge in [-0.2, -0.15) is 0 Å². The molecular weight excluding hydrogens is 218 g/mol. The molecular formula is C9H10NO4S-. The fraction of sp³-hybridized carbons (Fsp3) is 0.333. The predicted octanol–water partition coefficient (Wildman–Crippen LogP) is -0.0400. The third kappa shape index (κ3) is 2.24. The van der Waals surface area contributed by atoms with Crippen LogP contribution in [-0.4, -0.2) is 20.2 Å².